The largest absolute Gasteiger partial charge is 0.481 e. The molecule has 0 spiro atoms. The van der Waals surface area contributed by atoms with Crippen molar-refractivity contribution in [2.75, 3.05) is 19.3 Å². The highest BCUT2D eigenvalue weighted by Crippen LogP contribution is 2.13. The minimum absolute atomic E-state index is 0.125. The van der Waals surface area contributed by atoms with E-state index in [1.165, 1.54) is 29.2 Å². The van der Waals surface area contributed by atoms with Gasteiger partial charge in [0.25, 0.3) is 5.91 Å². The summed E-state index contributed by atoms with van der Waals surface area (Å²) in [6, 6.07) is 5.67. The number of carboxylic acid groups (broad SMARTS) is 1. The normalized spacial score (nSPS) is 11.5. The molecule has 0 heterocycles. The van der Waals surface area contributed by atoms with Crippen molar-refractivity contribution in [2.24, 2.45) is 5.92 Å². The van der Waals surface area contributed by atoms with Gasteiger partial charge < -0.3 is 10.0 Å². The van der Waals surface area contributed by atoms with E-state index in [2.05, 4.69) is 0 Å². The minimum atomic E-state index is -3.31. The van der Waals surface area contributed by atoms with Gasteiger partial charge in [0.2, 0.25) is 0 Å². The summed E-state index contributed by atoms with van der Waals surface area (Å²) in [5.74, 6) is -1.06. The third kappa shape index (κ3) is 5.48. The van der Waals surface area contributed by atoms with Gasteiger partial charge in [-0.05, 0) is 30.2 Å². The van der Waals surface area contributed by atoms with Crippen LogP contribution in [0.4, 0.5) is 0 Å². The van der Waals surface area contributed by atoms with Crippen LogP contribution in [-0.2, 0) is 14.6 Å². The first-order valence-corrected chi connectivity index (χ1v) is 8.81. The molecule has 0 saturated heterocycles. The quantitative estimate of drug-likeness (QED) is 0.822. The number of nitrogens with zero attached hydrogens (tertiary/aromatic N) is 1. The lowest BCUT2D eigenvalue weighted by Gasteiger charge is -2.24. The minimum Gasteiger partial charge on any atom is -0.481 e. The van der Waals surface area contributed by atoms with E-state index in [-0.39, 0.29) is 29.7 Å². The lowest BCUT2D eigenvalue weighted by Crippen LogP contribution is -2.36. The van der Waals surface area contributed by atoms with E-state index in [1.54, 1.807) is 0 Å². The lowest BCUT2D eigenvalue weighted by molar-refractivity contribution is -0.137. The summed E-state index contributed by atoms with van der Waals surface area (Å²) in [6.45, 7) is 4.45. The first-order valence-electron chi connectivity index (χ1n) is 6.92. The van der Waals surface area contributed by atoms with Gasteiger partial charge in [0.15, 0.2) is 9.84 Å². The van der Waals surface area contributed by atoms with E-state index < -0.39 is 15.8 Å². The fourth-order valence-electron chi connectivity index (χ4n) is 1.97. The Morgan fingerprint density at radius 3 is 2.14 bits per heavy atom. The Labute approximate surface area is 130 Å². The number of aliphatic carboxylic acids is 1. The highest BCUT2D eigenvalue weighted by atomic mass is 32.2. The number of carbonyl (C=O) groups is 2. The number of carbonyl (C=O) groups excluding carboxylic acids is 1. The molecule has 7 heteroatoms. The number of sulfone groups is 1. The van der Waals surface area contributed by atoms with Crippen molar-refractivity contribution in [1.82, 2.24) is 4.90 Å². The van der Waals surface area contributed by atoms with Gasteiger partial charge in [-0.15, -0.1) is 0 Å². The standard InChI is InChI=1S/C15H21NO5S/c1-11(2)10-16(9-8-14(17)18)15(19)12-4-6-13(7-5-12)22(3,20)21/h4-7,11H,8-10H2,1-3H3,(H,17,18). The summed E-state index contributed by atoms with van der Waals surface area (Å²) in [5.41, 5.74) is 0.346. The monoisotopic (exact) mass is 327 g/mol. The van der Waals surface area contributed by atoms with Gasteiger partial charge in [0.1, 0.15) is 0 Å². The van der Waals surface area contributed by atoms with Crippen LogP contribution in [0.3, 0.4) is 0 Å². The maximum atomic E-state index is 12.4. The molecule has 1 amide bonds. The van der Waals surface area contributed by atoms with Crippen LogP contribution in [0, 0.1) is 5.92 Å². The fraction of sp³-hybridized carbons (Fsp3) is 0.467. The molecule has 1 aromatic carbocycles. The molecule has 0 aliphatic heterocycles. The SMILES string of the molecule is CC(C)CN(CCC(=O)O)C(=O)c1ccc(S(C)(=O)=O)cc1. The first kappa shape index (κ1) is 18.2. The van der Waals surface area contributed by atoms with Crippen molar-refractivity contribution < 1.29 is 23.1 Å². The average molecular weight is 327 g/mol. The van der Waals surface area contributed by atoms with Crippen LogP contribution in [0.2, 0.25) is 0 Å². The van der Waals surface area contributed by atoms with Crippen molar-refractivity contribution >= 4 is 21.7 Å². The Morgan fingerprint density at radius 2 is 1.73 bits per heavy atom. The van der Waals surface area contributed by atoms with Gasteiger partial charge in [0, 0.05) is 24.9 Å². The van der Waals surface area contributed by atoms with E-state index in [4.69, 9.17) is 5.11 Å². The van der Waals surface area contributed by atoms with Crippen LogP contribution in [0.25, 0.3) is 0 Å². The molecule has 6 nitrogen and oxygen atoms in total. The van der Waals surface area contributed by atoms with E-state index in [0.717, 1.165) is 6.26 Å². The Kier molecular flexibility index (Phi) is 6.11. The van der Waals surface area contributed by atoms with Crippen LogP contribution in [-0.4, -0.2) is 49.6 Å². The lowest BCUT2D eigenvalue weighted by atomic mass is 10.1. The summed E-state index contributed by atoms with van der Waals surface area (Å²) in [7, 11) is -3.31. The van der Waals surface area contributed by atoms with Crippen LogP contribution in [0.5, 0.6) is 0 Å². The number of amides is 1. The molecule has 0 bridgehead atoms. The van der Waals surface area contributed by atoms with Crippen LogP contribution in [0.15, 0.2) is 29.2 Å². The van der Waals surface area contributed by atoms with Crippen molar-refractivity contribution in [3.05, 3.63) is 29.8 Å². The molecule has 0 aliphatic rings. The van der Waals surface area contributed by atoms with Gasteiger partial charge >= 0.3 is 5.97 Å². The van der Waals surface area contributed by atoms with Crippen molar-refractivity contribution in [2.45, 2.75) is 25.2 Å². The maximum absolute atomic E-state index is 12.4. The summed E-state index contributed by atoms with van der Waals surface area (Å²) in [6.07, 6.45) is 0.974. The zero-order valence-corrected chi connectivity index (χ0v) is 13.8. The van der Waals surface area contributed by atoms with Gasteiger partial charge in [-0.3, -0.25) is 9.59 Å². The Morgan fingerprint density at radius 1 is 1.18 bits per heavy atom. The second-order valence-corrected chi connectivity index (χ2v) is 7.60. The molecule has 122 valence electrons. The van der Waals surface area contributed by atoms with Crippen LogP contribution >= 0.6 is 0 Å². The number of rotatable bonds is 7. The van der Waals surface area contributed by atoms with Crippen molar-refractivity contribution in [1.29, 1.82) is 0 Å². The molecule has 1 N–H and O–H groups in total. The van der Waals surface area contributed by atoms with E-state index >= 15 is 0 Å². The second kappa shape index (κ2) is 7.40. The second-order valence-electron chi connectivity index (χ2n) is 5.59. The van der Waals surface area contributed by atoms with Crippen LogP contribution in [0.1, 0.15) is 30.6 Å². The summed E-state index contributed by atoms with van der Waals surface area (Å²) < 4.78 is 22.8. The number of hydrogen-bond donors (Lipinski definition) is 1. The molecule has 0 atom stereocenters. The Hall–Kier alpha value is -1.89. The third-order valence-corrected chi connectivity index (χ3v) is 4.13. The summed E-state index contributed by atoms with van der Waals surface area (Å²) in [4.78, 5) is 24.8. The molecule has 22 heavy (non-hydrogen) atoms. The molecule has 0 aliphatic carbocycles. The Bertz CT molecular complexity index is 634. The molecule has 0 aromatic heterocycles. The highest BCUT2D eigenvalue weighted by Gasteiger charge is 2.18. The maximum Gasteiger partial charge on any atom is 0.305 e. The molecule has 0 unspecified atom stereocenters. The molecule has 0 fully saturated rings. The number of carboxylic acids is 1. The highest BCUT2D eigenvalue weighted by molar-refractivity contribution is 7.90. The topological polar surface area (TPSA) is 91.8 Å². The Balaban J connectivity index is 2.95. The van der Waals surface area contributed by atoms with E-state index in [1.807, 2.05) is 13.8 Å². The zero-order valence-electron chi connectivity index (χ0n) is 12.9. The molecule has 1 aromatic rings. The number of hydrogen-bond acceptors (Lipinski definition) is 4. The number of benzene rings is 1. The van der Waals surface area contributed by atoms with E-state index in [9.17, 15) is 18.0 Å². The fourth-order valence-corrected chi connectivity index (χ4v) is 2.60. The van der Waals surface area contributed by atoms with Gasteiger partial charge in [0.05, 0.1) is 11.3 Å². The zero-order chi connectivity index (χ0) is 16.9. The predicted molar refractivity (Wildman–Crippen MR) is 82.5 cm³/mol. The van der Waals surface area contributed by atoms with Crippen LogP contribution < -0.4 is 0 Å². The molecule has 0 radical (unpaired) electrons. The van der Waals surface area contributed by atoms with Gasteiger partial charge in [-0.2, -0.15) is 0 Å². The summed E-state index contributed by atoms with van der Waals surface area (Å²) in [5, 5.41) is 8.77. The van der Waals surface area contributed by atoms with Gasteiger partial charge in [-0.25, -0.2) is 8.42 Å². The smallest absolute Gasteiger partial charge is 0.305 e. The third-order valence-electron chi connectivity index (χ3n) is 3.00. The van der Waals surface area contributed by atoms with E-state index in [0.29, 0.717) is 12.1 Å². The molecular formula is C15H21NO5S. The molecule has 1 rings (SSSR count). The summed E-state index contributed by atoms with van der Waals surface area (Å²) >= 11 is 0. The first-order chi connectivity index (χ1) is 10.1. The van der Waals surface area contributed by atoms with Gasteiger partial charge in [-0.1, -0.05) is 13.8 Å². The van der Waals surface area contributed by atoms with Crippen molar-refractivity contribution in [3.8, 4) is 0 Å². The molecular weight excluding hydrogens is 306 g/mol. The molecule has 0 saturated carbocycles. The predicted octanol–water partition coefficient (Wildman–Crippen LogP) is 1.66. The average Bonchev–Trinajstić information content (AvgIpc) is 2.41. The van der Waals surface area contributed by atoms with Crippen molar-refractivity contribution in [3.63, 3.8) is 0 Å².